The van der Waals surface area contributed by atoms with Crippen molar-refractivity contribution in [3.05, 3.63) is 41.9 Å². The van der Waals surface area contributed by atoms with Crippen molar-refractivity contribution >= 4 is 26.5 Å². The zero-order valence-electron chi connectivity index (χ0n) is 10.3. The monoisotopic (exact) mass is 292 g/mol. The number of nitrogens with zero attached hydrogens (tertiary/aromatic N) is 2. The average molecular weight is 292 g/mol. The maximum atomic E-state index is 12.6. The highest BCUT2D eigenvalue weighted by Crippen LogP contribution is 2.24. The first-order chi connectivity index (χ1) is 9.16. The molecule has 0 aliphatic carbocycles. The van der Waals surface area contributed by atoms with E-state index in [1.54, 1.807) is 48.8 Å². The molecule has 0 amide bonds. The van der Waals surface area contributed by atoms with Gasteiger partial charge in [0.05, 0.1) is 11.4 Å². The zero-order valence-corrected chi connectivity index (χ0v) is 11.9. The van der Waals surface area contributed by atoms with Gasteiger partial charge in [-0.15, -0.1) is 17.3 Å². The predicted molar refractivity (Wildman–Crippen MR) is 76.5 cm³/mol. The van der Waals surface area contributed by atoms with Gasteiger partial charge in [-0.3, -0.25) is 0 Å². The van der Waals surface area contributed by atoms with Crippen molar-refractivity contribution in [2.24, 2.45) is 0 Å². The first kappa shape index (κ1) is 13.6. The molecule has 98 valence electrons. The van der Waals surface area contributed by atoms with Crippen molar-refractivity contribution < 1.29 is 8.42 Å². The second-order valence-corrected chi connectivity index (χ2v) is 6.30. The summed E-state index contributed by atoms with van der Waals surface area (Å²) >= 11 is 1.27. The van der Waals surface area contributed by atoms with Crippen LogP contribution in [-0.2, 0) is 10.0 Å². The second-order valence-electron chi connectivity index (χ2n) is 3.57. The molecule has 0 bridgehead atoms. The summed E-state index contributed by atoms with van der Waals surface area (Å²) in [4.78, 5) is 4.30. The topological polar surface area (TPSA) is 50.3 Å². The van der Waals surface area contributed by atoms with Crippen molar-refractivity contribution in [2.75, 3.05) is 10.8 Å². The standard InChI is InChI=1S/C13H12N2O2S2/c1-2-3-10-15(13-14-9-11-18-13)19(16,17)12-7-5-4-6-8-12/h4-9,11H,10H2,1H3. The molecule has 1 aromatic heterocycles. The number of anilines is 1. The van der Waals surface area contributed by atoms with Gasteiger partial charge in [-0.1, -0.05) is 24.1 Å². The molecule has 0 unspecified atom stereocenters. The zero-order chi connectivity index (χ0) is 13.7. The van der Waals surface area contributed by atoms with E-state index in [4.69, 9.17) is 0 Å². The second kappa shape index (κ2) is 5.87. The molecule has 0 aliphatic heterocycles. The molecule has 0 saturated carbocycles. The highest BCUT2D eigenvalue weighted by molar-refractivity contribution is 7.93. The first-order valence-corrected chi connectivity index (χ1v) is 7.85. The fourth-order valence-electron chi connectivity index (χ4n) is 1.47. The van der Waals surface area contributed by atoms with E-state index >= 15 is 0 Å². The number of thiazole rings is 1. The van der Waals surface area contributed by atoms with Crippen molar-refractivity contribution in [1.29, 1.82) is 0 Å². The fourth-order valence-corrected chi connectivity index (χ4v) is 3.68. The van der Waals surface area contributed by atoms with Crippen molar-refractivity contribution in [2.45, 2.75) is 11.8 Å². The summed E-state index contributed by atoms with van der Waals surface area (Å²) in [6.07, 6.45) is 1.58. The summed E-state index contributed by atoms with van der Waals surface area (Å²) < 4.78 is 26.3. The molecule has 0 atom stereocenters. The predicted octanol–water partition coefficient (Wildman–Crippen LogP) is 2.36. The molecule has 0 fully saturated rings. The Morgan fingerprint density at radius 1 is 1.32 bits per heavy atom. The number of hydrogen-bond acceptors (Lipinski definition) is 4. The molecule has 6 heteroatoms. The van der Waals surface area contributed by atoms with E-state index in [1.807, 2.05) is 0 Å². The molecule has 0 saturated heterocycles. The lowest BCUT2D eigenvalue weighted by molar-refractivity contribution is 0.593. The van der Waals surface area contributed by atoms with Crippen molar-refractivity contribution in [1.82, 2.24) is 4.98 Å². The van der Waals surface area contributed by atoms with Gasteiger partial charge in [-0.25, -0.2) is 17.7 Å². The normalized spacial score (nSPS) is 10.6. The number of rotatable bonds is 4. The van der Waals surface area contributed by atoms with Gasteiger partial charge in [0.2, 0.25) is 0 Å². The first-order valence-electron chi connectivity index (χ1n) is 5.53. The Morgan fingerprint density at radius 2 is 2.05 bits per heavy atom. The fraction of sp³-hybridized carbons (Fsp3) is 0.154. The van der Waals surface area contributed by atoms with Crippen LogP contribution in [0.5, 0.6) is 0 Å². The SMILES string of the molecule is CC#CCN(c1nccs1)S(=O)(=O)c1ccccc1. The largest absolute Gasteiger partial charge is 0.266 e. The maximum absolute atomic E-state index is 12.6. The van der Waals surface area contributed by atoms with Gasteiger partial charge in [0.25, 0.3) is 10.0 Å². The van der Waals surface area contributed by atoms with E-state index in [2.05, 4.69) is 16.8 Å². The highest BCUT2D eigenvalue weighted by atomic mass is 32.2. The van der Waals surface area contributed by atoms with Gasteiger partial charge in [0, 0.05) is 11.6 Å². The van der Waals surface area contributed by atoms with Crippen LogP contribution in [0.1, 0.15) is 6.92 Å². The van der Waals surface area contributed by atoms with Crippen LogP contribution in [0, 0.1) is 11.8 Å². The third-order valence-corrected chi connectivity index (χ3v) is 5.02. The van der Waals surface area contributed by atoms with Crippen LogP contribution >= 0.6 is 11.3 Å². The minimum Gasteiger partial charge on any atom is -0.229 e. The van der Waals surface area contributed by atoms with Gasteiger partial charge in [-0.05, 0) is 19.1 Å². The average Bonchev–Trinajstić information content (AvgIpc) is 2.94. The van der Waals surface area contributed by atoms with Gasteiger partial charge in [0.15, 0.2) is 5.13 Å². The summed E-state index contributed by atoms with van der Waals surface area (Å²) in [6, 6.07) is 8.29. The molecule has 2 aromatic rings. The van der Waals surface area contributed by atoms with E-state index in [9.17, 15) is 8.42 Å². The molecule has 0 radical (unpaired) electrons. The lowest BCUT2D eigenvalue weighted by atomic mass is 10.4. The molecule has 0 spiro atoms. The van der Waals surface area contributed by atoms with Crippen molar-refractivity contribution in [3.8, 4) is 11.8 Å². The summed E-state index contributed by atoms with van der Waals surface area (Å²) in [5, 5.41) is 2.16. The van der Waals surface area contributed by atoms with Crippen LogP contribution in [0.3, 0.4) is 0 Å². The molecule has 19 heavy (non-hydrogen) atoms. The minimum absolute atomic E-state index is 0.0985. The van der Waals surface area contributed by atoms with Gasteiger partial charge < -0.3 is 0 Å². The quantitative estimate of drug-likeness (QED) is 0.813. The Hall–Kier alpha value is -1.84. The third kappa shape index (κ3) is 2.95. The Bertz CT molecular complexity index is 683. The lowest BCUT2D eigenvalue weighted by Gasteiger charge is -2.19. The third-order valence-electron chi connectivity index (χ3n) is 2.36. The van der Waals surface area contributed by atoms with Crippen LogP contribution in [0.15, 0.2) is 46.8 Å². The number of benzene rings is 1. The summed E-state index contributed by atoms with van der Waals surface area (Å²) in [6.45, 7) is 1.77. The van der Waals surface area contributed by atoms with Gasteiger partial charge >= 0.3 is 0 Å². The van der Waals surface area contributed by atoms with Crippen LogP contribution in [-0.4, -0.2) is 19.9 Å². The molecule has 1 heterocycles. The smallest absolute Gasteiger partial charge is 0.229 e. The Kier molecular flexibility index (Phi) is 4.20. The van der Waals surface area contributed by atoms with E-state index < -0.39 is 10.0 Å². The molecule has 0 aliphatic rings. The van der Waals surface area contributed by atoms with Crippen LogP contribution < -0.4 is 4.31 Å². The van der Waals surface area contributed by atoms with Crippen LogP contribution in [0.25, 0.3) is 0 Å². The Morgan fingerprint density at radius 3 is 2.63 bits per heavy atom. The number of sulfonamides is 1. The molecule has 0 N–H and O–H groups in total. The molecule has 1 aromatic carbocycles. The van der Waals surface area contributed by atoms with Gasteiger partial charge in [0.1, 0.15) is 0 Å². The van der Waals surface area contributed by atoms with Crippen LogP contribution in [0.2, 0.25) is 0 Å². The summed E-state index contributed by atoms with van der Waals surface area (Å²) in [5.74, 6) is 5.48. The minimum atomic E-state index is -3.62. The molecular weight excluding hydrogens is 280 g/mol. The molecule has 4 nitrogen and oxygen atoms in total. The highest BCUT2D eigenvalue weighted by Gasteiger charge is 2.25. The van der Waals surface area contributed by atoms with Crippen LogP contribution in [0.4, 0.5) is 5.13 Å². The Balaban J connectivity index is 2.45. The lowest BCUT2D eigenvalue weighted by Crippen LogP contribution is -2.31. The Labute approximate surface area is 116 Å². The van der Waals surface area contributed by atoms with E-state index in [1.165, 1.54) is 15.6 Å². The molecular formula is C13H12N2O2S2. The van der Waals surface area contributed by atoms with E-state index in [-0.39, 0.29) is 11.4 Å². The van der Waals surface area contributed by atoms with Crippen molar-refractivity contribution in [3.63, 3.8) is 0 Å². The number of hydrogen-bond donors (Lipinski definition) is 0. The molecule has 2 rings (SSSR count). The maximum Gasteiger partial charge on any atom is 0.266 e. The number of aromatic nitrogens is 1. The van der Waals surface area contributed by atoms with E-state index in [0.717, 1.165) is 0 Å². The van der Waals surface area contributed by atoms with E-state index in [0.29, 0.717) is 5.13 Å². The van der Waals surface area contributed by atoms with Gasteiger partial charge in [-0.2, -0.15) is 0 Å². The summed E-state index contributed by atoms with van der Waals surface area (Å²) in [5.41, 5.74) is 0. The summed E-state index contributed by atoms with van der Waals surface area (Å²) in [7, 11) is -3.62.